The summed E-state index contributed by atoms with van der Waals surface area (Å²) < 4.78 is 1.97. The monoisotopic (exact) mass is 301 g/mol. The third-order valence-electron chi connectivity index (χ3n) is 4.39. The summed E-state index contributed by atoms with van der Waals surface area (Å²) in [7, 11) is 4.23. The van der Waals surface area contributed by atoms with Crippen molar-refractivity contribution in [2.45, 2.75) is 19.9 Å². The van der Waals surface area contributed by atoms with Crippen molar-refractivity contribution in [3.63, 3.8) is 0 Å². The van der Waals surface area contributed by atoms with E-state index in [9.17, 15) is 4.79 Å². The largest absolute Gasteiger partial charge is 0.303 e. The van der Waals surface area contributed by atoms with Gasteiger partial charge in [0.25, 0.3) is 0 Å². The normalized spacial score (nSPS) is 20.9. The highest BCUT2D eigenvalue weighted by Gasteiger charge is 2.28. The summed E-state index contributed by atoms with van der Waals surface area (Å²) in [5, 5.41) is 8.64. The van der Waals surface area contributed by atoms with E-state index in [0.29, 0.717) is 0 Å². The van der Waals surface area contributed by atoms with E-state index < -0.39 is 0 Å². The number of likely N-dealkylation sites (N-methyl/N-ethyl adjacent to an activating group) is 2. The van der Waals surface area contributed by atoms with Crippen LogP contribution >= 0.6 is 0 Å². The Morgan fingerprint density at radius 3 is 2.73 bits per heavy atom. The number of hydrogen-bond donors (Lipinski definition) is 0. The third-order valence-corrected chi connectivity index (χ3v) is 4.39. The average molecular weight is 301 g/mol. The average Bonchev–Trinajstić information content (AvgIpc) is 2.91. The number of ketones is 1. The summed E-state index contributed by atoms with van der Waals surface area (Å²) in [6, 6.07) is 3.91. The van der Waals surface area contributed by atoms with Crippen LogP contribution in [0.1, 0.15) is 36.1 Å². The molecule has 2 aromatic rings. The molecule has 22 heavy (non-hydrogen) atoms. The molecule has 0 spiro atoms. The van der Waals surface area contributed by atoms with Crippen molar-refractivity contribution < 1.29 is 4.79 Å². The number of fused-ring (bicyclic) bond motifs is 1. The maximum Gasteiger partial charge on any atom is 0.166 e. The van der Waals surface area contributed by atoms with E-state index in [0.717, 1.165) is 36.7 Å². The van der Waals surface area contributed by atoms with Crippen molar-refractivity contribution in [1.29, 1.82) is 0 Å². The van der Waals surface area contributed by atoms with Gasteiger partial charge < -0.3 is 4.90 Å². The molecule has 6 nitrogen and oxygen atoms in total. The van der Waals surface area contributed by atoms with Gasteiger partial charge in [0.15, 0.2) is 17.3 Å². The molecule has 118 valence electrons. The minimum Gasteiger partial charge on any atom is -0.303 e. The van der Waals surface area contributed by atoms with Gasteiger partial charge in [0, 0.05) is 37.3 Å². The number of rotatable bonds is 3. The van der Waals surface area contributed by atoms with Crippen LogP contribution in [0.2, 0.25) is 0 Å². The molecule has 6 heteroatoms. The Hall–Kier alpha value is -1.79. The SMILES string of the molecule is CC(C)C(=O)c1ccc2nnc(C3CN(C)CCN3C)n2c1. The molecule has 1 saturated heterocycles. The first kappa shape index (κ1) is 15.1. The van der Waals surface area contributed by atoms with Crippen LogP contribution in [0.5, 0.6) is 0 Å². The molecule has 1 atom stereocenters. The van der Waals surface area contributed by atoms with Crippen LogP contribution in [0, 0.1) is 5.92 Å². The maximum absolute atomic E-state index is 12.2. The molecular weight excluding hydrogens is 278 g/mol. The summed E-state index contributed by atoms with van der Waals surface area (Å²) in [6.45, 7) is 6.81. The van der Waals surface area contributed by atoms with E-state index >= 15 is 0 Å². The van der Waals surface area contributed by atoms with E-state index in [-0.39, 0.29) is 17.7 Å². The number of aromatic nitrogens is 3. The number of carbonyl (C=O) groups is 1. The summed E-state index contributed by atoms with van der Waals surface area (Å²) in [4.78, 5) is 16.8. The van der Waals surface area contributed by atoms with Gasteiger partial charge in [0.05, 0.1) is 6.04 Å². The van der Waals surface area contributed by atoms with Gasteiger partial charge in [-0.1, -0.05) is 13.8 Å². The molecule has 1 aliphatic heterocycles. The summed E-state index contributed by atoms with van der Waals surface area (Å²) in [5.74, 6) is 1.04. The van der Waals surface area contributed by atoms with Crippen molar-refractivity contribution >= 4 is 11.4 Å². The number of pyridine rings is 1. The zero-order valence-corrected chi connectivity index (χ0v) is 13.7. The van der Waals surface area contributed by atoms with Crippen LogP contribution in [-0.2, 0) is 0 Å². The van der Waals surface area contributed by atoms with Gasteiger partial charge in [-0.15, -0.1) is 10.2 Å². The lowest BCUT2D eigenvalue weighted by Crippen LogP contribution is -2.45. The van der Waals surface area contributed by atoms with Crippen molar-refractivity contribution in [3.05, 3.63) is 29.7 Å². The van der Waals surface area contributed by atoms with Gasteiger partial charge in [-0.3, -0.25) is 14.1 Å². The molecule has 0 bridgehead atoms. The van der Waals surface area contributed by atoms with Crippen LogP contribution in [0.3, 0.4) is 0 Å². The molecule has 0 radical (unpaired) electrons. The van der Waals surface area contributed by atoms with E-state index in [1.807, 2.05) is 36.6 Å². The first-order valence-electron chi connectivity index (χ1n) is 7.75. The molecule has 0 aromatic carbocycles. The topological polar surface area (TPSA) is 53.7 Å². The third kappa shape index (κ3) is 2.64. The van der Waals surface area contributed by atoms with Crippen molar-refractivity contribution in [2.75, 3.05) is 33.7 Å². The number of nitrogens with zero attached hydrogens (tertiary/aromatic N) is 5. The van der Waals surface area contributed by atoms with E-state index in [1.165, 1.54) is 0 Å². The highest BCUT2D eigenvalue weighted by molar-refractivity contribution is 5.97. The summed E-state index contributed by atoms with van der Waals surface area (Å²) >= 11 is 0. The first-order chi connectivity index (χ1) is 10.5. The zero-order valence-electron chi connectivity index (χ0n) is 13.7. The van der Waals surface area contributed by atoms with Crippen LogP contribution in [-0.4, -0.2) is 63.9 Å². The molecule has 2 aromatic heterocycles. The zero-order chi connectivity index (χ0) is 15.9. The lowest BCUT2D eigenvalue weighted by atomic mass is 10.0. The Bertz CT molecular complexity index is 693. The molecule has 3 rings (SSSR count). The van der Waals surface area contributed by atoms with Crippen LogP contribution in [0.25, 0.3) is 5.65 Å². The second-order valence-electron chi connectivity index (χ2n) is 6.48. The lowest BCUT2D eigenvalue weighted by molar-refractivity contribution is 0.0938. The summed E-state index contributed by atoms with van der Waals surface area (Å²) in [6.07, 6.45) is 1.88. The Labute approximate surface area is 130 Å². The predicted molar refractivity (Wildman–Crippen MR) is 85.0 cm³/mol. The molecule has 1 unspecified atom stereocenters. The number of Topliss-reactive ketones (excluding diaryl/α,β-unsaturated/α-hetero) is 1. The van der Waals surface area contributed by atoms with Crippen LogP contribution in [0.4, 0.5) is 0 Å². The van der Waals surface area contributed by atoms with Crippen molar-refractivity contribution in [3.8, 4) is 0 Å². The van der Waals surface area contributed by atoms with Crippen molar-refractivity contribution in [1.82, 2.24) is 24.4 Å². The minimum atomic E-state index is -0.0131. The standard InChI is InChI=1S/C16H23N5O/c1-11(2)15(22)12-5-6-14-17-18-16(21(14)9-12)13-10-19(3)7-8-20(13)4/h5-6,9,11,13H,7-8,10H2,1-4H3. The highest BCUT2D eigenvalue weighted by atomic mass is 16.1. The maximum atomic E-state index is 12.2. The van der Waals surface area contributed by atoms with Crippen molar-refractivity contribution in [2.24, 2.45) is 5.92 Å². The highest BCUT2D eigenvalue weighted by Crippen LogP contribution is 2.23. The van der Waals surface area contributed by atoms with Gasteiger partial charge >= 0.3 is 0 Å². The molecule has 0 amide bonds. The number of hydrogen-bond acceptors (Lipinski definition) is 5. The van der Waals surface area contributed by atoms with E-state index in [1.54, 1.807) is 0 Å². The first-order valence-corrected chi connectivity index (χ1v) is 7.75. The fourth-order valence-electron chi connectivity index (χ4n) is 2.90. The lowest BCUT2D eigenvalue weighted by Gasteiger charge is -2.36. The fourth-order valence-corrected chi connectivity index (χ4v) is 2.90. The molecule has 3 heterocycles. The molecule has 0 aliphatic carbocycles. The Morgan fingerprint density at radius 2 is 2.00 bits per heavy atom. The molecule has 0 N–H and O–H groups in total. The molecule has 1 aliphatic rings. The summed E-state index contributed by atoms with van der Waals surface area (Å²) in [5.41, 5.74) is 1.51. The van der Waals surface area contributed by atoms with Gasteiger partial charge in [0.2, 0.25) is 0 Å². The van der Waals surface area contributed by atoms with Crippen LogP contribution in [0.15, 0.2) is 18.3 Å². The van der Waals surface area contributed by atoms with Gasteiger partial charge in [-0.05, 0) is 26.2 Å². The molecular formula is C16H23N5O. The van der Waals surface area contributed by atoms with Crippen LogP contribution < -0.4 is 0 Å². The van der Waals surface area contributed by atoms with E-state index in [2.05, 4.69) is 34.1 Å². The molecule has 1 fully saturated rings. The second kappa shape index (κ2) is 5.78. The second-order valence-corrected chi connectivity index (χ2v) is 6.48. The van der Waals surface area contributed by atoms with E-state index in [4.69, 9.17) is 0 Å². The Kier molecular flexibility index (Phi) is 3.97. The van der Waals surface area contributed by atoms with Gasteiger partial charge in [0.1, 0.15) is 0 Å². The smallest absolute Gasteiger partial charge is 0.166 e. The quantitative estimate of drug-likeness (QED) is 0.804. The minimum absolute atomic E-state index is 0.0131. The Balaban J connectivity index is 2.03. The predicted octanol–water partition coefficient (Wildman–Crippen LogP) is 1.49. The van der Waals surface area contributed by atoms with Gasteiger partial charge in [-0.2, -0.15) is 0 Å². The molecule has 0 saturated carbocycles. The number of piperazine rings is 1. The fraction of sp³-hybridized carbons (Fsp3) is 0.562. The number of carbonyl (C=O) groups excluding carboxylic acids is 1. The Morgan fingerprint density at radius 1 is 1.23 bits per heavy atom. The van der Waals surface area contributed by atoms with Gasteiger partial charge in [-0.25, -0.2) is 0 Å².